The van der Waals surface area contributed by atoms with E-state index in [0.717, 1.165) is 24.8 Å². The molecule has 1 aliphatic carbocycles. The van der Waals surface area contributed by atoms with Crippen LogP contribution in [-0.2, 0) is 29.4 Å². The molecule has 6 nitrogen and oxygen atoms in total. The van der Waals surface area contributed by atoms with Crippen LogP contribution in [0.1, 0.15) is 49.1 Å². The first-order valence-electron chi connectivity index (χ1n) is 7.39. The predicted molar refractivity (Wildman–Crippen MR) is 80.9 cm³/mol. The van der Waals surface area contributed by atoms with Crippen molar-refractivity contribution in [3.63, 3.8) is 0 Å². The fourth-order valence-electron chi connectivity index (χ4n) is 2.53. The van der Waals surface area contributed by atoms with Crippen LogP contribution in [0.5, 0.6) is 0 Å². The maximum absolute atomic E-state index is 12.3. The van der Waals surface area contributed by atoms with Gasteiger partial charge in [0.2, 0.25) is 21.8 Å². The molecule has 118 valence electrons. The molecule has 7 heteroatoms. The summed E-state index contributed by atoms with van der Waals surface area (Å²) in [6.45, 7) is 3.87. The molecule has 1 aromatic heterocycles. The van der Waals surface area contributed by atoms with Crippen molar-refractivity contribution in [2.75, 3.05) is 0 Å². The Morgan fingerprint density at radius 1 is 1.23 bits per heavy atom. The quantitative estimate of drug-likeness (QED) is 0.912. The van der Waals surface area contributed by atoms with Gasteiger partial charge in [0.1, 0.15) is 0 Å². The highest BCUT2D eigenvalue weighted by molar-refractivity contribution is 7.89. The van der Waals surface area contributed by atoms with Crippen molar-refractivity contribution in [1.29, 1.82) is 0 Å². The lowest BCUT2D eigenvalue weighted by Gasteiger charge is -2.07. The molecule has 0 spiro atoms. The second-order valence-electron chi connectivity index (χ2n) is 5.80. The van der Waals surface area contributed by atoms with Crippen molar-refractivity contribution < 1.29 is 12.8 Å². The first-order chi connectivity index (χ1) is 10.5. The zero-order valence-electron chi connectivity index (χ0n) is 12.7. The van der Waals surface area contributed by atoms with Crippen LogP contribution in [0.4, 0.5) is 0 Å². The van der Waals surface area contributed by atoms with Crippen molar-refractivity contribution in [2.45, 2.75) is 50.5 Å². The summed E-state index contributed by atoms with van der Waals surface area (Å²) in [5, 5.41) is 7.73. The number of sulfonamides is 1. The number of nitrogens with zero attached hydrogens (tertiary/aromatic N) is 2. The van der Waals surface area contributed by atoms with Crippen LogP contribution in [-0.4, -0.2) is 18.6 Å². The van der Waals surface area contributed by atoms with E-state index in [2.05, 4.69) is 14.9 Å². The molecule has 1 N–H and O–H groups in total. The summed E-state index contributed by atoms with van der Waals surface area (Å²) >= 11 is 0. The molecular formula is C15H19N3O3S. The standard InChI is InChI=1S/C15H19N3O3S/c1-10(2)15-18-17-14(21-15)9-16-22(19,20)13-7-6-11-4-3-5-12(11)8-13/h6-8,10,16H,3-5,9H2,1-2H3. The van der Waals surface area contributed by atoms with Gasteiger partial charge in [-0.25, -0.2) is 13.1 Å². The average molecular weight is 321 g/mol. The molecule has 0 radical (unpaired) electrons. The normalized spacial score (nSPS) is 14.5. The number of aromatic nitrogens is 2. The monoisotopic (exact) mass is 321 g/mol. The third-order valence-corrected chi connectivity index (χ3v) is 5.17. The summed E-state index contributed by atoms with van der Waals surface area (Å²) in [4.78, 5) is 0.289. The Morgan fingerprint density at radius 3 is 2.73 bits per heavy atom. The van der Waals surface area contributed by atoms with Gasteiger partial charge in [-0.2, -0.15) is 0 Å². The van der Waals surface area contributed by atoms with Crippen LogP contribution < -0.4 is 4.72 Å². The van der Waals surface area contributed by atoms with Crippen LogP contribution >= 0.6 is 0 Å². The highest BCUT2D eigenvalue weighted by atomic mass is 32.2. The molecule has 0 amide bonds. The first kappa shape index (κ1) is 15.2. The van der Waals surface area contributed by atoms with Gasteiger partial charge in [0.05, 0.1) is 11.4 Å². The summed E-state index contributed by atoms with van der Waals surface area (Å²) in [6.07, 6.45) is 3.06. The zero-order valence-corrected chi connectivity index (χ0v) is 13.5. The third kappa shape index (κ3) is 3.05. The smallest absolute Gasteiger partial charge is 0.241 e. The van der Waals surface area contributed by atoms with Gasteiger partial charge in [-0.05, 0) is 42.5 Å². The van der Waals surface area contributed by atoms with E-state index < -0.39 is 10.0 Å². The molecule has 2 aromatic rings. The molecule has 0 saturated heterocycles. The minimum atomic E-state index is -3.57. The highest BCUT2D eigenvalue weighted by Gasteiger charge is 2.19. The van der Waals surface area contributed by atoms with Gasteiger partial charge in [-0.1, -0.05) is 19.9 Å². The highest BCUT2D eigenvalue weighted by Crippen LogP contribution is 2.24. The minimum Gasteiger partial charge on any atom is -0.424 e. The van der Waals surface area contributed by atoms with Crippen molar-refractivity contribution in [3.8, 4) is 0 Å². The van der Waals surface area contributed by atoms with E-state index in [1.165, 1.54) is 5.56 Å². The van der Waals surface area contributed by atoms with Gasteiger partial charge < -0.3 is 4.42 Å². The summed E-state index contributed by atoms with van der Waals surface area (Å²) in [6, 6.07) is 5.32. The molecule has 22 heavy (non-hydrogen) atoms. The van der Waals surface area contributed by atoms with Crippen molar-refractivity contribution in [1.82, 2.24) is 14.9 Å². The fourth-order valence-corrected chi connectivity index (χ4v) is 3.55. The number of hydrogen-bond donors (Lipinski definition) is 1. The molecule has 0 unspecified atom stereocenters. The largest absolute Gasteiger partial charge is 0.424 e. The van der Waals surface area contributed by atoms with E-state index in [1.807, 2.05) is 19.9 Å². The summed E-state index contributed by atoms with van der Waals surface area (Å²) in [7, 11) is -3.57. The minimum absolute atomic E-state index is 0.000855. The van der Waals surface area contributed by atoms with E-state index in [4.69, 9.17) is 4.42 Å². The topological polar surface area (TPSA) is 85.1 Å². The Morgan fingerprint density at radius 2 is 2.00 bits per heavy atom. The van der Waals surface area contributed by atoms with E-state index >= 15 is 0 Å². The number of fused-ring (bicyclic) bond motifs is 1. The Kier molecular flexibility index (Phi) is 4.01. The van der Waals surface area contributed by atoms with Gasteiger partial charge in [-0.3, -0.25) is 0 Å². The molecule has 0 atom stereocenters. The Labute approximate surface area is 130 Å². The van der Waals surface area contributed by atoms with E-state index in [1.54, 1.807) is 12.1 Å². The molecule has 0 fully saturated rings. The first-order valence-corrected chi connectivity index (χ1v) is 8.88. The summed E-state index contributed by atoms with van der Waals surface area (Å²) < 4.78 is 32.6. The molecule has 0 saturated carbocycles. The Bertz CT molecular complexity index is 781. The van der Waals surface area contributed by atoms with Gasteiger partial charge in [0.25, 0.3) is 0 Å². The van der Waals surface area contributed by atoms with Crippen LogP contribution in [0.15, 0.2) is 27.5 Å². The van der Waals surface area contributed by atoms with Crippen molar-refractivity contribution in [2.24, 2.45) is 0 Å². The Hall–Kier alpha value is -1.73. The van der Waals surface area contributed by atoms with Crippen LogP contribution in [0.2, 0.25) is 0 Å². The average Bonchev–Trinajstić information content (AvgIpc) is 3.13. The number of rotatable bonds is 5. The summed E-state index contributed by atoms with van der Waals surface area (Å²) in [5.74, 6) is 0.898. The van der Waals surface area contributed by atoms with Gasteiger partial charge in [0, 0.05) is 5.92 Å². The number of hydrogen-bond acceptors (Lipinski definition) is 5. The van der Waals surface area contributed by atoms with Gasteiger partial charge >= 0.3 is 0 Å². The van der Waals surface area contributed by atoms with E-state index in [9.17, 15) is 8.42 Å². The lowest BCUT2D eigenvalue weighted by Crippen LogP contribution is -2.23. The van der Waals surface area contributed by atoms with E-state index in [-0.39, 0.29) is 23.2 Å². The van der Waals surface area contributed by atoms with Gasteiger partial charge in [0.15, 0.2) is 0 Å². The van der Waals surface area contributed by atoms with Crippen molar-refractivity contribution >= 4 is 10.0 Å². The molecular weight excluding hydrogens is 302 g/mol. The van der Waals surface area contributed by atoms with Crippen LogP contribution in [0.25, 0.3) is 0 Å². The zero-order chi connectivity index (χ0) is 15.7. The van der Waals surface area contributed by atoms with Crippen LogP contribution in [0.3, 0.4) is 0 Å². The van der Waals surface area contributed by atoms with Gasteiger partial charge in [-0.15, -0.1) is 10.2 Å². The number of aryl methyl sites for hydroxylation is 2. The second-order valence-corrected chi connectivity index (χ2v) is 7.56. The fraction of sp³-hybridized carbons (Fsp3) is 0.467. The SMILES string of the molecule is CC(C)c1nnc(CNS(=O)(=O)c2ccc3c(c2)CCC3)o1. The molecule has 0 bridgehead atoms. The second kappa shape index (κ2) is 5.81. The summed E-state index contributed by atoms with van der Waals surface area (Å²) in [5.41, 5.74) is 2.38. The molecule has 1 aliphatic rings. The molecule has 1 aromatic carbocycles. The van der Waals surface area contributed by atoms with E-state index in [0.29, 0.717) is 5.89 Å². The molecule has 3 rings (SSSR count). The third-order valence-electron chi connectivity index (χ3n) is 3.77. The Balaban J connectivity index is 1.73. The molecule has 0 aliphatic heterocycles. The lowest BCUT2D eigenvalue weighted by atomic mass is 10.1. The predicted octanol–water partition coefficient (Wildman–Crippen LogP) is 2.16. The number of benzene rings is 1. The molecule has 1 heterocycles. The van der Waals surface area contributed by atoms with Crippen molar-refractivity contribution in [3.05, 3.63) is 41.1 Å². The lowest BCUT2D eigenvalue weighted by molar-refractivity contribution is 0.427. The number of nitrogens with one attached hydrogen (secondary N) is 1. The van der Waals surface area contributed by atoms with Crippen LogP contribution in [0, 0.1) is 0 Å². The maximum Gasteiger partial charge on any atom is 0.241 e. The maximum atomic E-state index is 12.3.